The minimum Gasteiger partial charge on any atom is -0.497 e. The van der Waals surface area contributed by atoms with Crippen LogP contribution in [0.2, 0.25) is 0 Å². The molecular formula is C22H23N3O4S. The first kappa shape index (κ1) is 21.4. The largest absolute Gasteiger partial charge is 0.497 e. The van der Waals surface area contributed by atoms with E-state index in [1.807, 2.05) is 55.5 Å². The van der Waals surface area contributed by atoms with Crippen molar-refractivity contribution in [3.63, 3.8) is 0 Å². The first-order chi connectivity index (χ1) is 14.6. The van der Waals surface area contributed by atoms with Gasteiger partial charge in [0.25, 0.3) is 0 Å². The summed E-state index contributed by atoms with van der Waals surface area (Å²) in [5.41, 5.74) is 2.21. The van der Waals surface area contributed by atoms with E-state index in [4.69, 9.17) is 14.2 Å². The lowest BCUT2D eigenvalue weighted by molar-refractivity contribution is -0.113. The van der Waals surface area contributed by atoms with Gasteiger partial charge in [-0.15, -0.1) is 10.2 Å². The van der Waals surface area contributed by atoms with Gasteiger partial charge < -0.3 is 19.5 Å². The smallest absolute Gasteiger partial charge is 0.234 e. The van der Waals surface area contributed by atoms with E-state index in [0.717, 1.165) is 17.0 Å². The van der Waals surface area contributed by atoms with Gasteiger partial charge in [0.1, 0.15) is 22.3 Å². The average molecular weight is 426 g/mol. The number of methoxy groups -OCH3 is 2. The normalized spacial score (nSPS) is 10.4. The highest BCUT2D eigenvalue weighted by atomic mass is 32.2. The second-order valence-corrected chi connectivity index (χ2v) is 7.11. The monoisotopic (exact) mass is 425 g/mol. The molecule has 1 amide bonds. The van der Waals surface area contributed by atoms with Crippen molar-refractivity contribution in [2.75, 3.05) is 31.9 Å². The predicted octanol–water partition coefficient (Wildman–Crippen LogP) is 4.29. The second kappa shape index (κ2) is 10.5. The molecule has 3 aromatic rings. The van der Waals surface area contributed by atoms with Gasteiger partial charge in [-0.2, -0.15) is 0 Å². The number of carbonyl (C=O) groups excluding carboxylic acids is 1. The summed E-state index contributed by atoms with van der Waals surface area (Å²) in [5, 5.41) is 12.0. The number of anilines is 1. The first-order valence-corrected chi connectivity index (χ1v) is 10.3. The average Bonchev–Trinajstić information content (AvgIpc) is 2.79. The lowest BCUT2D eigenvalue weighted by Gasteiger charge is -2.10. The van der Waals surface area contributed by atoms with Gasteiger partial charge in [0.15, 0.2) is 0 Å². The molecule has 7 nitrogen and oxygen atoms in total. The van der Waals surface area contributed by atoms with Crippen molar-refractivity contribution < 1.29 is 19.0 Å². The Morgan fingerprint density at radius 1 is 0.967 bits per heavy atom. The van der Waals surface area contributed by atoms with Gasteiger partial charge in [-0.1, -0.05) is 11.8 Å². The number of hydrogen-bond donors (Lipinski definition) is 1. The number of carbonyl (C=O) groups is 1. The zero-order valence-electron chi connectivity index (χ0n) is 17.0. The molecule has 0 spiro atoms. The number of nitrogens with zero attached hydrogens (tertiary/aromatic N) is 2. The number of amides is 1. The molecule has 0 saturated heterocycles. The van der Waals surface area contributed by atoms with Crippen LogP contribution >= 0.6 is 11.8 Å². The van der Waals surface area contributed by atoms with Crippen molar-refractivity contribution in [1.82, 2.24) is 10.2 Å². The van der Waals surface area contributed by atoms with Crippen molar-refractivity contribution in [2.45, 2.75) is 11.9 Å². The lowest BCUT2D eigenvalue weighted by Crippen LogP contribution is -2.14. The third kappa shape index (κ3) is 5.64. The Bertz CT molecular complexity index is 979. The topological polar surface area (TPSA) is 82.6 Å². The van der Waals surface area contributed by atoms with Gasteiger partial charge in [0, 0.05) is 17.3 Å². The van der Waals surface area contributed by atoms with Gasteiger partial charge in [-0.05, 0) is 55.5 Å². The number of rotatable bonds is 9. The van der Waals surface area contributed by atoms with Gasteiger partial charge in [-0.25, -0.2) is 0 Å². The molecule has 0 radical (unpaired) electrons. The van der Waals surface area contributed by atoms with E-state index in [1.54, 1.807) is 20.3 Å². The molecule has 2 aromatic carbocycles. The number of benzene rings is 2. The van der Waals surface area contributed by atoms with Crippen LogP contribution in [0.3, 0.4) is 0 Å². The van der Waals surface area contributed by atoms with Crippen LogP contribution in [0, 0.1) is 0 Å². The Morgan fingerprint density at radius 2 is 1.73 bits per heavy atom. The van der Waals surface area contributed by atoms with E-state index in [9.17, 15) is 4.79 Å². The molecule has 0 saturated carbocycles. The van der Waals surface area contributed by atoms with E-state index in [0.29, 0.717) is 28.8 Å². The highest BCUT2D eigenvalue weighted by Crippen LogP contribution is 2.32. The van der Waals surface area contributed by atoms with Crippen molar-refractivity contribution >= 4 is 23.4 Å². The molecule has 0 aliphatic carbocycles. The molecule has 1 N–H and O–H groups in total. The molecule has 0 aliphatic rings. The van der Waals surface area contributed by atoms with E-state index in [1.165, 1.54) is 11.8 Å². The molecule has 0 bridgehead atoms. The Morgan fingerprint density at radius 3 is 2.37 bits per heavy atom. The summed E-state index contributed by atoms with van der Waals surface area (Å²) in [6.45, 7) is 2.53. The molecule has 8 heteroatoms. The number of aromatic nitrogens is 2. The Labute approximate surface area is 179 Å². The molecule has 0 unspecified atom stereocenters. The first-order valence-electron chi connectivity index (χ1n) is 9.34. The highest BCUT2D eigenvalue weighted by Gasteiger charge is 2.11. The van der Waals surface area contributed by atoms with Gasteiger partial charge in [0.2, 0.25) is 5.91 Å². The maximum Gasteiger partial charge on any atom is 0.234 e. The van der Waals surface area contributed by atoms with E-state index < -0.39 is 0 Å². The minimum absolute atomic E-state index is 0.119. The molecular weight excluding hydrogens is 402 g/mol. The number of thioether (sulfide) groups is 1. The summed E-state index contributed by atoms with van der Waals surface area (Å²) in [5.74, 6) is 2.24. The molecule has 30 heavy (non-hydrogen) atoms. The Balaban J connectivity index is 1.57. The number of hydrogen-bond acceptors (Lipinski definition) is 7. The predicted molar refractivity (Wildman–Crippen MR) is 118 cm³/mol. The summed E-state index contributed by atoms with van der Waals surface area (Å²) < 4.78 is 16.0. The van der Waals surface area contributed by atoms with Gasteiger partial charge in [-0.3, -0.25) is 4.79 Å². The van der Waals surface area contributed by atoms with E-state index in [2.05, 4.69) is 15.5 Å². The standard InChI is InChI=1S/C22H23N3O4S/c1-4-29-16-7-5-15(6-8-16)23-21(26)14-30-22-12-11-19(24-25-22)18-10-9-17(27-2)13-20(18)28-3/h5-13H,4,14H2,1-3H3,(H,23,26). The molecule has 156 valence electrons. The minimum atomic E-state index is -0.119. The van der Waals surface area contributed by atoms with Crippen LogP contribution in [0.5, 0.6) is 17.2 Å². The summed E-state index contributed by atoms with van der Waals surface area (Å²) >= 11 is 1.32. The fraction of sp³-hybridized carbons (Fsp3) is 0.227. The SMILES string of the molecule is CCOc1ccc(NC(=O)CSc2ccc(-c3ccc(OC)cc3OC)nn2)cc1. The fourth-order valence-electron chi connectivity index (χ4n) is 2.69. The summed E-state index contributed by atoms with van der Waals surface area (Å²) in [4.78, 5) is 12.2. The van der Waals surface area contributed by atoms with Crippen molar-refractivity contribution in [1.29, 1.82) is 0 Å². The lowest BCUT2D eigenvalue weighted by atomic mass is 10.1. The van der Waals surface area contributed by atoms with E-state index in [-0.39, 0.29) is 11.7 Å². The Kier molecular flexibility index (Phi) is 7.51. The van der Waals surface area contributed by atoms with Gasteiger partial charge in [0.05, 0.1) is 32.3 Å². The highest BCUT2D eigenvalue weighted by molar-refractivity contribution is 7.99. The molecule has 0 aliphatic heterocycles. The van der Waals surface area contributed by atoms with Crippen molar-refractivity contribution in [2.24, 2.45) is 0 Å². The van der Waals surface area contributed by atoms with Crippen molar-refractivity contribution in [3.8, 4) is 28.5 Å². The zero-order valence-corrected chi connectivity index (χ0v) is 17.9. The van der Waals surface area contributed by atoms with E-state index >= 15 is 0 Å². The third-order valence-corrected chi connectivity index (χ3v) is 5.04. The molecule has 0 atom stereocenters. The fourth-order valence-corrected chi connectivity index (χ4v) is 3.30. The van der Waals surface area contributed by atoms with Crippen LogP contribution in [0.25, 0.3) is 11.3 Å². The second-order valence-electron chi connectivity index (χ2n) is 6.12. The quantitative estimate of drug-likeness (QED) is 0.512. The van der Waals surface area contributed by atoms with Crippen molar-refractivity contribution in [3.05, 3.63) is 54.6 Å². The molecule has 1 aromatic heterocycles. The van der Waals surface area contributed by atoms with Crippen LogP contribution in [-0.2, 0) is 4.79 Å². The third-order valence-electron chi connectivity index (χ3n) is 4.12. The maximum absolute atomic E-state index is 12.2. The molecule has 0 fully saturated rings. The van der Waals surface area contributed by atoms with Crippen LogP contribution in [0.1, 0.15) is 6.92 Å². The van der Waals surface area contributed by atoms with Crippen LogP contribution in [0.4, 0.5) is 5.69 Å². The maximum atomic E-state index is 12.2. The molecule has 3 rings (SSSR count). The van der Waals surface area contributed by atoms with Crippen LogP contribution in [-0.4, -0.2) is 42.7 Å². The summed E-state index contributed by atoms with van der Waals surface area (Å²) in [6, 6.07) is 16.5. The summed E-state index contributed by atoms with van der Waals surface area (Å²) in [7, 11) is 3.20. The van der Waals surface area contributed by atoms with Crippen LogP contribution in [0.15, 0.2) is 59.6 Å². The van der Waals surface area contributed by atoms with Crippen LogP contribution < -0.4 is 19.5 Å². The Hall–Kier alpha value is -3.26. The summed E-state index contributed by atoms with van der Waals surface area (Å²) in [6.07, 6.45) is 0. The molecule has 1 heterocycles. The number of ether oxygens (including phenoxy) is 3. The zero-order chi connectivity index (χ0) is 21.3. The number of nitrogens with one attached hydrogen (secondary N) is 1. The van der Waals surface area contributed by atoms with Gasteiger partial charge >= 0.3 is 0 Å².